The van der Waals surface area contributed by atoms with E-state index < -0.39 is 0 Å². The Kier molecular flexibility index (Phi) is 4.05. The summed E-state index contributed by atoms with van der Waals surface area (Å²) in [6.07, 6.45) is 0.482. The van der Waals surface area contributed by atoms with Crippen LogP contribution < -0.4 is 10.1 Å². The number of ether oxygens (including phenoxy) is 1. The summed E-state index contributed by atoms with van der Waals surface area (Å²) in [6, 6.07) is 20.2. The predicted octanol–water partition coefficient (Wildman–Crippen LogP) is 4.80. The zero-order valence-corrected chi connectivity index (χ0v) is 13.9. The first-order chi connectivity index (χ1) is 11.8. The summed E-state index contributed by atoms with van der Waals surface area (Å²) in [4.78, 5) is 13.2. The molecule has 1 aliphatic heterocycles. The SMILES string of the molecule is O=C1C[C@H](c2cccc(OCc3ccccc3)c2)c2sccc2N1. The molecule has 24 heavy (non-hydrogen) atoms. The topological polar surface area (TPSA) is 38.3 Å². The average molecular weight is 335 g/mol. The molecule has 0 fully saturated rings. The molecule has 0 bridgehead atoms. The van der Waals surface area contributed by atoms with Gasteiger partial charge in [-0.15, -0.1) is 11.3 Å². The Morgan fingerprint density at radius 3 is 2.83 bits per heavy atom. The van der Waals surface area contributed by atoms with Crippen molar-refractivity contribution >= 4 is 22.9 Å². The minimum absolute atomic E-state index is 0.0708. The van der Waals surface area contributed by atoms with Gasteiger partial charge in [-0.05, 0) is 34.7 Å². The van der Waals surface area contributed by atoms with Crippen LogP contribution in [0.5, 0.6) is 5.75 Å². The molecule has 0 saturated heterocycles. The fourth-order valence-electron chi connectivity index (χ4n) is 3.00. The summed E-state index contributed by atoms with van der Waals surface area (Å²) in [7, 11) is 0. The molecule has 4 heteroatoms. The van der Waals surface area contributed by atoms with Gasteiger partial charge in [0.1, 0.15) is 12.4 Å². The van der Waals surface area contributed by atoms with Crippen LogP contribution in [0.1, 0.15) is 28.3 Å². The molecule has 1 atom stereocenters. The Labute approximate surface area is 144 Å². The molecule has 0 radical (unpaired) electrons. The number of anilines is 1. The van der Waals surface area contributed by atoms with Gasteiger partial charge >= 0.3 is 0 Å². The van der Waals surface area contributed by atoms with Gasteiger partial charge in [0.15, 0.2) is 0 Å². The van der Waals surface area contributed by atoms with Crippen LogP contribution in [0.15, 0.2) is 66.0 Å². The highest BCUT2D eigenvalue weighted by atomic mass is 32.1. The van der Waals surface area contributed by atoms with Gasteiger partial charge in [-0.25, -0.2) is 0 Å². The average Bonchev–Trinajstić information content (AvgIpc) is 3.08. The smallest absolute Gasteiger partial charge is 0.225 e. The molecule has 3 nitrogen and oxygen atoms in total. The molecule has 0 saturated carbocycles. The molecule has 120 valence electrons. The number of hydrogen-bond donors (Lipinski definition) is 1. The quantitative estimate of drug-likeness (QED) is 0.743. The zero-order valence-electron chi connectivity index (χ0n) is 13.1. The van der Waals surface area contributed by atoms with Gasteiger partial charge in [-0.3, -0.25) is 4.79 Å². The second-order valence-electron chi connectivity index (χ2n) is 5.85. The van der Waals surface area contributed by atoms with Crippen LogP contribution in [-0.4, -0.2) is 5.91 Å². The maximum Gasteiger partial charge on any atom is 0.225 e. The first kappa shape index (κ1) is 15.0. The number of nitrogens with one attached hydrogen (secondary N) is 1. The van der Waals surface area contributed by atoms with E-state index in [1.807, 2.05) is 53.9 Å². The molecule has 1 aliphatic rings. The molecule has 0 aliphatic carbocycles. The Balaban J connectivity index is 1.56. The summed E-state index contributed by atoms with van der Waals surface area (Å²) >= 11 is 1.69. The number of fused-ring (bicyclic) bond motifs is 1. The summed E-state index contributed by atoms with van der Waals surface area (Å²) < 4.78 is 5.92. The van der Waals surface area contributed by atoms with Crippen molar-refractivity contribution in [2.45, 2.75) is 18.9 Å². The third-order valence-corrected chi connectivity index (χ3v) is 5.21. The van der Waals surface area contributed by atoms with Crippen LogP contribution in [0.4, 0.5) is 5.69 Å². The van der Waals surface area contributed by atoms with E-state index in [9.17, 15) is 4.79 Å². The fraction of sp³-hybridized carbons (Fsp3) is 0.150. The van der Waals surface area contributed by atoms with E-state index in [1.54, 1.807) is 11.3 Å². The maximum absolute atomic E-state index is 12.0. The number of carbonyl (C=O) groups excluding carboxylic acids is 1. The first-order valence-corrected chi connectivity index (χ1v) is 8.81. The van der Waals surface area contributed by atoms with Gasteiger partial charge in [-0.2, -0.15) is 0 Å². The largest absolute Gasteiger partial charge is 0.489 e. The number of thiophene rings is 1. The Bertz CT molecular complexity index is 857. The molecule has 2 aromatic carbocycles. The normalized spacial score (nSPS) is 16.3. The third-order valence-electron chi connectivity index (χ3n) is 4.18. The number of benzene rings is 2. The number of rotatable bonds is 4. The number of carbonyl (C=O) groups is 1. The lowest BCUT2D eigenvalue weighted by Gasteiger charge is -2.23. The Morgan fingerprint density at radius 1 is 1.08 bits per heavy atom. The second-order valence-corrected chi connectivity index (χ2v) is 6.80. The molecule has 1 aromatic heterocycles. The third kappa shape index (κ3) is 3.05. The van der Waals surface area contributed by atoms with Gasteiger partial charge in [-0.1, -0.05) is 42.5 Å². The second kappa shape index (κ2) is 6.49. The van der Waals surface area contributed by atoms with Crippen molar-refractivity contribution < 1.29 is 9.53 Å². The van der Waals surface area contributed by atoms with Gasteiger partial charge in [0.25, 0.3) is 0 Å². The standard InChI is InChI=1S/C20H17NO2S/c22-19-12-17(20-18(21-19)9-10-24-20)15-7-4-8-16(11-15)23-13-14-5-2-1-3-6-14/h1-11,17H,12-13H2,(H,21,22)/t17-/m1/s1. The maximum atomic E-state index is 12.0. The van der Waals surface area contributed by atoms with Gasteiger partial charge in [0.2, 0.25) is 5.91 Å². The highest BCUT2D eigenvalue weighted by Gasteiger charge is 2.27. The van der Waals surface area contributed by atoms with Crippen molar-refractivity contribution in [3.8, 4) is 5.75 Å². The van der Waals surface area contributed by atoms with E-state index in [-0.39, 0.29) is 11.8 Å². The molecule has 1 N–H and O–H groups in total. The van der Waals surface area contributed by atoms with Gasteiger partial charge in [0.05, 0.1) is 5.69 Å². The molecule has 2 heterocycles. The summed E-state index contributed by atoms with van der Waals surface area (Å²) in [5.74, 6) is 1.01. The summed E-state index contributed by atoms with van der Waals surface area (Å²) in [5, 5.41) is 4.97. The van der Waals surface area contributed by atoms with Crippen molar-refractivity contribution in [1.82, 2.24) is 0 Å². The Hall–Kier alpha value is -2.59. The monoisotopic (exact) mass is 335 g/mol. The summed E-state index contributed by atoms with van der Waals surface area (Å²) in [5.41, 5.74) is 3.21. The Morgan fingerprint density at radius 2 is 1.96 bits per heavy atom. The van der Waals surface area contributed by atoms with Crippen molar-refractivity contribution in [1.29, 1.82) is 0 Å². The van der Waals surface area contributed by atoms with Crippen LogP contribution in [0.2, 0.25) is 0 Å². The zero-order chi connectivity index (χ0) is 16.4. The van der Waals surface area contributed by atoms with E-state index in [0.29, 0.717) is 13.0 Å². The molecule has 1 amide bonds. The highest BCUT2D eigenvalue weighted by Crippen LogP contribution is 2.41. The van der Waals surface area contributed by atoms with Crippen LogP contribution >= 0.6 is 11.3 Å². The van der Waals surface area contributed by atoms with E-state index in [2.05, 4.69) is 17.4 Å². The van der Waals surface area contributed by atoms with Crippen LogP contribution in [0.3, 0.4) is 0 Å². The minimum atomic E-state index is 0.0708. The molecule has 0 unspecified atom stereocenters. The van der Waals surface area contributed by atoms with Crippen LogP contribution in [-0.2, 0) is 11.4 Å². The highest BCUT2D eigenvalue weighted by molar-refractivity contribution is 7.10. The number of hydrogen-bond acceptors (Lipinski definition) is 3. The predicted molar refractivity (Wildman–Crippen MR) is 96.6 cm³/mol. The van der Waals surface area contributed by atoms with Crippen molar-refractivity contribution in [3.05, 3.63) is 82.0 Å². The van der Waals surface area contributed by atoms with Gasteiger partial charge < -0.3 is 10.1 Å². The van der Waals surface area contributed by atoms with Crippen molar-refractivity contribution in [2.24, 2.45) is 0 Å². The lowest BCUT2D eigenvalue weighted by Crippen LogP contribution is -2.21. The molecule has 3 aromatic rings. The first-order valence-electron chi connectivity index (χ1n) is 7.93. The lowest BCUT2D eigenvalue weighted by molar-refractivity contribution is -0.116. The van der Waals surface area contributed by atoms with Crippen LogP contribution in [0.25, 0.3) is 0 Å². The van der Waals surface area contributed by atoms with Crippen molar-refractivity contribution in [2.75, 3.05) is 5.32 Å². The van der Waals surface area contributed by atoms with E-state index in [1.165, 1.54) is 4.88 Å². The fourth-order valence-corrected chi connectivity index (χ4v) is 3.99. The van der Waals surface area contributed by atoms with Crippen molar-refractivity contribution in [3.63, 3.8) is 0 Å². The van der Waals surface area contributed by atoms with Gasteiger partial charge in [0, 0.05) is 17.2 Å². The van der Waals surface area contributed by atoms with E-state index in [4.69, 9.17) is 4.74 Å². The molecular weight excluding hydrogens is 318 g/mol. The number of amides is 1. The molecular formula is C20H17NO2S. The summed E-state index contributed by atoms with van der Waals surface area (Å²) in [6.45, 7) is 0.541. The van der Waals surface area contributed by atoms with E-state index >= 15 is 0 Å². The molecule has 0 spiro atoms. The lowest BCUT2D eigenvalue weighted by atomic mass is 9.90. The minimum Gasteiger partial charge on any atom is -0.489 e. The molecule has 4 rings (SSSR count). The van der Waals surface area contributed by atoms with E-state index in [0.717, 1.165) is 22.6 Å². The van der Waals surface area contributed by atoms with Crippen LogP contribution in [0, 0.1) is 0 Å².